The summed E-state index contributed by atoms with van der Waals surface area (Å²) in [6, 6.07) is 35.8. The Kier molecular flexibility index (Phi) is 8.84. The monoisotopic (exact) mass is 635 g/mol. The number of halogens is 2. The molecule has 0 saturated carbocycles. The van der Waals surface area contributed by atoms with Crippen molar-refractivity contribution >= 4 is 31.3 Å². The van der Waals surface area contributed by atoms with Crippen LogP contribution >= 0.6 is 0 Å². The third-order valence-corrected chi connectivity index (χ3v) is 9.42. The summed E-state index contributed by atoms with van der Waals surface area (Å²) in [6.45, 7) is 7.15. The molecule has 0 aliphatic heterocycles. The standard InChI is InChI=1S/C35H27Si.2ClH.Zr/c1-22-20-31-28(27-15-8-12-23-10-4-6-13-25(23)27)16-9-17-30(31)34(22)35-32-21-24-11-5-7-14-26(24)29(32)18-19-33(35)36(2)3;;;/h4-20,34H,1-3H3;2*1H;/q-1;;;+3/p-2. The molecule has 1 atom stereocenters. The van der Waals surface area contributed by atoms with Crippen LogP contribution in [0.15, 0.2) is 103 Å². The predicted molar refractivity (Wildman–Crippen MR) is 154 cm³/mol. The van der Waals surface area contributed by atoms with Gasteiger partial charge >= 0.3 is 26.2 Å². The molecule has 0 nitrogen and oxygen atoms in total. The summed E-state index contributed by atoms with van der Waals surface area (Å²) in [5.41, 5.74) is 9.65. The van der Waals surface area contributed by atoms with Gasteiger partial charge in [-0.3, -0.25) is 0 Å². The fraction of sp³-hybridized carbons (Fsp3) is 0.114. The van der Waals surface area contributed by atoms with Crippen molar-refractivity contribution in [3.63, 3.8) is 0 Å². The third-order valence-electron chi connectivity index (χ3n) is 7.91. The average Bonchev–Trinajstić information content (AvgIpc) is 3.44. The van der Waals surface area contributed by atoms with Gasteiger partial charge in [0.2, 0.25) is 0 Å². The maximum absolute atomic E-state index is 3.83. The molecule has 0 amide bonds. The van der Waals surface area contributed by atoms with E-state index in [9.17, 15) is 0 Å². The molecular formula is C35H27Cl2SiZr. The van der Waals surface area contributed by atoms with E-state index in [-0.39, 0.29) is 56.9 Å². The van der Waals surface area contributed by atoms with Gasteiger partial charge in [-0.2, -0.15) is 0 Å². The van der Waals surface area contributed by atoms with Gasteiger partial charge in [0.15, 0.2) is 0 Å². The minimum absolute atomic E-state index is 0. The van der Waals surface area contributed by atoms with Gasteiger partial charge in [-0.25, -0.2) is 0 Å². The van der Waals surface area contributed by atoms with Crippen LogP contribution in [-0.4, -0.2) is 8.41 Å². The van der Waals surface area contributed by atoms with E-state index in [0.717, 1.165) is 0 Å². The third kappa shape index (κ3) is 4.70. The molecule has 0 saturated heterocycles. The molecule has 0 aromatic heterocycles. The topological polar surface area (TPSA) is 0 Å². The SMILES string of the molecule is CC1=Cc2c(-c3cccc4ccccc34)cccc2C1c1c2c(ccc1=[Si](C)C)=c1ccccc1=[C-]2.[Cl-].[Cl-].[Zr+3]. The molecule has 1 radical (unpaired) electrons. The molecule has 0 spiro atoms. The first kappa shape index (κ1) is 29.6. The van der Waals surface area contributed by atoms with Crippen molar-refractivity contribution in [3.8, 4) is 11.1 Å². The van der Waals surface area contributed by atoms with Gasteiger partial charge in [0.1, 0.15) is 0 Å². The van der Waals surface area contributed by atoms with Crippen LogP contribution in [0.3, 0.4) is 0 Å². The van der Waals surface area contributed by atoms with E-state index in [1.807, 2.05) is 0 Å². The van der Waals surface area contributed by atoms with E-state index < -0.39 is 8.41 Å². The molecular weight excluding hydrogens is 611 g/mol. The Labute approximate surface area is 263 Å². The predicted octanol–water partition coefficient (Wildman–Crippen LogP) is 1.95. The molecule has 0 fully saturated rings. The Morgan fingerprint density at radius 2 is 1.38 bits per heavy atom. The molecule has 5 aromatic rings. The molecule has 0 bridgehead atoms. The molecule has 0 heterocycles. The van der Waals surface area contributed by atoms with Gasteiger partial charge in [0.05, 0.1) is 0 Å². The van der Waals surface area contributed by atoms with Crippen LogP contribution in [0.2, 0.25) is 13.1 Å². The van der Waals surface area contributed by atoms with Crippen molar-refractivity contribution in [1.29, 1.82) is 0 Å². The number of hydrogen-bond donors (Lipinski definition) is 0. The van der Waals surface area contributed by atoms with Gasteiger partial charge in [0.25, 0.3) is 0 Å². The zero-order valence-electron chi connectivity index (χ0n) is 22.1. The summed E-state index contributed by atoms with van der Waals surface area (Å²) in [6.07, 6.45) is 6.27. The van der Waals surface area contributed by atoms with E-state index in [2.05, 4.69) is 129 Å². The van der Waals surface area contributed by atoms with Crippen molar-refractivity contribution < 1.29 is 51.0 Å². The van der Waals surface area contributed by atoms with Crippen LogP contribution in [0, 0.1) is 15.3 Å². The molecule has 5 aromatic carbocycles. The number of benzene rings is 5. The average molecular weight is 638 g/mol. The zero-order valence-corrected chi connectivity index (χ0v) is 27.1. The van der Waals surface area contributed by atoms with Gasteiger partial charge < -0.3 is 24.8 Å². The number of rotatable bonds is 2. The second-order valence-electron chi connectivity index (χ2n) is 10.3. The van der Waals surface area contributed by atoms with E-state index in [1.165, 1.54) is 70.2 Å². The summed E-state index contributed by atoms with van der Waals surface area (Å²) in [5, 5.41) is 6.46. The Bertz CT molecular complexity index is 1980. The quantitative estimate of drug-likeness (QED) is 0.201. The van der Waals surface area contributed by atoms with E-state index >= 15 is 0 Å². The number of allylic oxidation sites excluding steroid dienone is 1. The van der Waals surface area contributed by atoms with Crippen molar-refractivity contribution in [1.82, 2.24) is 0 Å². The number of hydrogen-bond acceptors (Lipinski definition) is 0. The van der Waals surface area contributed by atoms with Crippen LogP contribution in [0.4, 0.5) is 0 Å². The molecule has 7 rings (SSSR count). The largest absolute Gasteiger partial charge is 3.00 e. The smallest absolute Gasteiger partial charge is 1.00 e. The molecule has 4 heteroatoms. The Morgan fingerprint density at radius 3 is 2.21 bits per heavy atom. The summed E-state index contributed by atoms with van der Waals surface area (Å²) >= 11 is 0. The zero-order chi connectivity index (χ0) is 24.4. The van der Waals surface area contributed by atoms with E-state index in [4.69, 9.17) is 0 Å². The maximum atomic E-state index is 3.83. The first-order chi connectivity index (χ1) is 17.6. The second-order valence-corrected chi connectivity index (χ2v) is 12.8. The molecule has 189 valence electrons. The molecule has 2 aliphatic rings. The fourth-order valence-corrected chi connectivity index (χ4v) is 7.53. The van der Waals surface area contributed by atoms with Crippen LogP contribution in [0.5, 0.6) is 0 Å². The first-order valence-corrected chi connectivity index (χ1v) is 15.2. The molecule has 0 N–H and O–H groups in total. The summed E-state index contributed by atoms with van der Waals surface area (Å²) < 4.78 is 0. The van der Waals surface area contributed by atoms with Crippen molar-refractivity contribution in [2.45, 2.75) is 25.9 Å². The van der Waals surface area contributed by atoms with E-state index in [1.54, 1.807) is 0 Å². The summed E-state index contributed by atoms with van der Waals surface area (Å²) in [4.78, 5) is 1.53. The van der Waals surface area contributed by atoms with Crippen molar-refractivity contribution in [2.24, 2.45) is 0 Å². The summed E-state index contributed by atoms with van der Waals surface area (Å²) in [7, 11) is -0.668. The first-order valence-electron chi connectivity index (χ1n) is 12.7. The maximum Gasteiger partial charge on any atom is 3.00 e. The normalized spacial score (nSPS) is 14.0. The Balaban J connectivity index is 0.00000118. The molecule has 2 aliphatic carbocycles. The van der Waals surface area contributed by atoms with Crippen LogP contribution in [0.1, 0.15) is 35.1 Å². The van der Waals surface area contributed by atoms with Crippen LogP contribution < -0.4 is 30.0 Å². The molecule has 39 heavy (non-hydrogen) atoms. The van der Waals surface area contributed by atoms with Gasteiger partial charge in [-0.1, -0.05) is 126 Å². The minimum atomic E-state index is -0.668. The van der Waals surface area contributed by atoms with Crippen molar-refractivity contribution in [2.75, 3.05) is 0 Å². The van der Waals surface area contributed by atoms with Gasteiger partial charge in [-0.05, 0) is 39.9 Å². The Hall–Kier alpha value is -2.35. The minimum Gasteiger partial charge on any atom is -1.00 e. The van der Waals surface area contributed by atoms with Gasteiger partial charge in [-0.15, -0.1) is 33.4 Å². The fourth-order valence-electron chi connectivity index (χ4n) is 6.31. The van der Waals surface area contributed by atoms with Crippen LogP contribution in [-0.2, 0) is 26.2 Å². The van der Waals surface area contributed by atoms with E-state index in [0.29, 0.717) is 0 Å². The number of fused-ring (bicyclic) bond motifs is 4. The Morgan fingerprint density at radius 1 is 0.692 bits per heavy atom. The van der Waals surface area contributed by atoms with Crippen molar-refractivity contribution in [3.05, 3.63) is 145 Å². The summed E-state index contributed by atoms with van der Waals surface area (Å²) in [5.74, 6) is 0.265. The van der Waals surface area contributed by atoms with Gasteiger partial charge in [0, 0.05) is 14.3 Å². The second kappa shape index (κ2) is 11.6. The van der Waals surface area contributed by atoms with Crippen LogP contribution in [0.25, 0.3) is 34.1 Å². The molecule has 1 unspecified atom stereocenters.